The zero-order chi connectivity index (χ0) is 12.1. The molecule has 1 aliphatic rings. The lowest BCUT2D eigenvalue weighted by molar-refractivity contribution is 0.277. The second kappa shape index (κ2) is 5.70. The van der Waals surface area contributed by atoms with Crippen LogP contribution >= 0.6 is 0 Å². The molecule has 1 N–H and O–H groups in total. The summed E-state index contributed by atoms with van der Waals surface area (Å²) in [6, 6.07) is 10.5. The van der Waals surface area contributed by atoms with Crippen molar-refractivity contribution in [1.29, 1.82) is 5.26 Å². The molecule has 1 aromatic rings. The van der Waals surface area contributed by atoms with E-state index >= 15 is 0 Å². The van der Waals surface area contributed by atoms with Crippen molar-refractivity contribution in [2.24, 2.45) is 0 Å². The molecule has 0 amide bonds. The van der Waals surface area contributed by atoms with Crippen molar-refractivity contribution in [3.63, 3.8) is 0 Å². The van der Waals surface area contributed by atoms with Crippen LogP contribution in [0.2, 0.25) is 0 Å². The molecule has 0 radical (unpaired) electrons. The number of hydrogen-bond donors (Lipinski definition) is 1. The summed E-state index contributed by atoms with van der Waals surface area (Å²) in [6.45, 7) is 5.59. The molecule has 0 saturated carbocycles. The van der Waals surface area contributed by atoms with Gasteiger partial charge in [0.1, 0.15) is 0 Å². The van der Waals surface area contributed by atoms with Gasteiger partial charge >= 0.3 is 0 Å². The third kappa shape index (κ3) is 2.98. The second-order valence-electron chi connectivity index (χ2n) is 4.49. The van der Waals surface area contributed by atoms with E-state index in [1.165, 1.54) is 19.4 Å². The molecule has 1 unspecified atom stereocenters. The number of nitrogens with zero attached hydrogens (tertiary/aromatic N) is 2. The molecule has 1 heterocycles. The molecule has 0 bridgehead atoms. The van der Waals surface area contributed by atoms with Gasteiger partial charge in [-0.1, -0.05) is 6.92 Å². The zero-order valence-corrected chi connectivity index (χ0v) is 10.3. The molecule has 1 fully saturated rings. The standard InChI is InChI=1S/C14H19N3/c1-2-17-9-3-4-14(17)11-16-13-7-5-12(10-15)6-8-13/h5-8,14,16H,2-4,9,11H2,1H3. The highest BCUT2D eigenvalue weighted by atomic mass is 15.2. The van der Waals surface area contributed by atoms with E-state index in [-0.39, 0.29) is 0 Å². The Balaban J connectivity index is 1.87. The van der Waals surface area contributed by atoms with Gasteiger partial charge in [0.15, 0.2) is 0 Å². The minimum absolute atomic E-state index is 0.663. The van der Waals surface area contributed by atoms with Crippen LogP contribution in [0.25, 0.3) is 0 Å². The molecule has 0 spiro atoms. The average Bonchev–Trinajstić information content (AvgIpc) is 2.84. The number of anilines is 1. The number of hydrogen-bond acceptors (Lipinski definition) is 3. The monoisotopic (exact) mass is 229 g/mol. The summed E-state index contributed by atoms with van der Waals surface area (Å²) in [5.41, 5.74) is 1.82. The summed E-state index contributed by atoms with van der Waals surface area (Å²) < 4.78 is 0. The lowest BCUT2D eigenvalue weighted by atomic mass is 10.2. The fourth-order valence-corrected chi connectivity index (χ4v) is 2.44. The fraction of sp³-hybridized carbons (Fsp3) is 0.500. The summed E-state index contributed by atoms with van der Waals surface area (Å²) in [6.07, 6.45) is 2.60. The van der Waals surface area contributed by atoms with E-state index in [1.54, 1.807) is 0 Å². The molecular weight excluding hydrogens is 210 g/mol. The van der Waals surface area contributed by atoms with Crippen molar-refractivity contribution < 1.29 is 0 Å². The normalized spacial score (nSPS) is 20.1. The largest absolute Gasteiger partial charge is 0.383 e. The Labute approximate surface area is 103 Å². The summed E-state index contributed by atoms with van der Waals surface area (Å²) >= 11 is 0. The topological polar surface area (TPSA) is 39.1 Å². The van der Waals surface area contributed by atoms with Crippen LogP contribution in [-0.2, 0) is 0 Å². The number of likely N-dealkylation sites (tertiary alicyclic amines) is 1. The van der Waals surface area contributed by atoms with Gasteiger partial charge in [0, 0.05) is 18.3 Å². The molecule has 3 nitrogen and oxygen atoms in total. The van der Waals surface area contributed by atoms with Crippen molar-refractivity contribution in [2.45, 2.75) is 25.8 Å². The van der Waals surface area contributed by atoms with Gasteiger partial charge in [-0.05, 0) is 50.2 Å². The minimum atomic E-state index is 0.663. The van der Waals surface area contributed by atoms with E-state index in [4.69, 9.17) is 5.26 Å². The third-order valence-electron chi connectivity index (χ3n) is 3.46. The van der Waals surface area contributed by atoms with Gasteiger partial charge in [-0.3, -0.25) is 4.90 Å². The summed E-state index contributed by atoms with van der Waals surface area (Å²) in [4.78, 5) is 2.52. The van der Waals surface area contributed by atoms with Gasteiger partial charge in [0.25, 0.3) is 0 Å². The Bertz CT molecular complexity index is 391. The molecule has 1 saturated heterocycles. The quantitative estimate of drug-likeness (QED) is 0.862. The zero-order valence-electron chi connectivity index (χ0n) is 10.3. The number of nitriles is 1. The van der Waals surface area contributed by atoms with E-state index in [2.05, 4.69) is 23.2 Å². The summed E-state index contributed by atoms with van der Waals surface area (Å²) in [5.74, 6) is 0. The smallest absolute Gasteiger partial charge is 0.0991 e. The molecule has 0 aromatic heterocycles. The Morgan fingerprint density at radius 1 is 1.41 bits per heavy atom. The molecule has 3 heteroatoms. The third-order valence-corrected chi connectivity index (χ3v) is 3.46. The van der Waals surface area contributed by atoms with E-state index in [0.717, 1.165) is 18.8 Å². The molecular formula is C14H19N3. The predicted molar refractivity (Wildman–Crippen MR) is 69.9 cm³/mol. The lowest BCUT2D eigenvalue weighted by Crippen LogP contribution is -2.34. The number of nitrogens with one attached hydrogen (secondary N) is 1. The first-order valence-corrected chi connectivity index (χ1v) is 6.31. The van der Waals surface area contributed by atoms with Crippen molar-refractivity contribution in [3.8, 4) is 6.07 Å². The van der Waals surface area contributed by atoms with Gasteiger partial charge in [0.2, 0.25) is 0 Å². The van der Waals surface area contributed by atoms with Gasteiger partial charge in [-0.15, -0.1) is 0 Å². The van der Waals surface area contributed by atoms with Crippen LogP contribution in [0, 0.1) is 11.3 Å². The van der Waals surface area contributed by atoms with Crippen LogP contribution in [-0.4, -0.2) is 30.6 Å². The number of benzene rings is 1. The van der Waals surface area contributed by atoms with Crippen LogP contribution < -0.4 is 5.32 Å². The fourth-order valence-electron chi connectivity index (χ4n) is 2.44. The summed E-state index contributed by atoms with van der Waals surface area (Å²) in [5, 5.41) is 12.2. The summed E-state index contributed by atoms with van der Waals surface area (Å²) in [7, 11) is 0. The molecule has 1 aromatic carbocycles. The van der Waals surface area contributed by atoms with E-state index in [1.807, 2.05) is 24.3 Å². The number of likely N-dealkylation sites (N-methyl/N-ethyl adjacent to an activating group) is 1. The molecule has 17 heavy (non-hydrogen) atoms. The first-order chi connectivity index (χ1) is 8.33. The van der Waals surface area contributed by atoms with Crippen LogP contribution in [0.15, 0.2) is 24.3 Å². The van der Waals surface area contributed by atoms with Crippen LogP contribution in [0.4, 0.5) is 5.69 Å². The van der Waals surface area contributed by atoms with Crippen molar-refractivity contribution in [3.05, 3.63) is 29.8 Å². The lowest BCUT2D eigenvalue weighted by Gasteiger charge is -2.23. The van der Waals surface area contributed by atoms with Crippen molar-refractivity contribution in [1.82, 2.24) is 4.90 Å². The van der Waals surface area contributed by atoms with Crippen LogP contribution in [0.5, 0.6) is 0 Å². The first-order valence-electron chi connectivity index (χ1n) is 6.31. The predicted octanol–water partition coefficient (Wildman–Crippen LogP) is 2.45. The van der Waals surface area contributed by atoms with E-state index < -0.39 is 0 Å². The van der Waals surface area contributed by atoms with Crippen LogP contribution in [0.3, 0.4) is 0 Å². The second-order valence-corrected chi connectivity index (χ2v) is 4.49. The first kappa shape index (κ1) is 11.9. The highest BCUT2D eigenvalue weighted by Crippen LogP contribution is 2.17. The highest BCUT2D eigenvalue weighted by Gasteiger charge is 2.22. The van der Waals surface area contributed by atoms with E-state index in [9.17, 15) is 0 Å². The number of rotatable bonds is 4. The SMILES string of the molecule is CCN1CCCC1CNc1ccc(C#N)cc1. The van der Waals surface area contributed by atoms with Crippen LogP contribution in [0.1, 0.15) is 25.3 Å². The van der Waals surface area contributed by atoms with Gasteiger partial charge in [-0.25, -0.2) is 0 Å². The minimum Gasteiger partial charge on any atom is -0.383 e. The maximum absolute atomic E-state index is 8.72. The Kier molecular flexibility index (Phi) is 4.00. The Hall–Kier alpha value is -1.53. The molecule has 1 atom stereocenters. The highest BCUT2D eigenvalue weighted by molar-refractivity contribution is 5.47. The molecule has 1 aliphatic heterocycles. The van der Waals surface area contributed by atoms with Gasteiger partial charge < -0.3 is 5.32 Å². The molecule has 90 valence electrons. The van der Waals surface area contributed by atoms with Crippen molar-refractivity contribution >= 4 is 5.69 Å². The van der Waals surface area contributed by atoms with E-state index in [0.29, 0.717) is 11.6 Å². The van der Waals surface area contributed by atoms with Gasteiger partial charge in [-0.2, -0.15) is 5.26 Å². The average molecular weight is 229 g/mol. The Morgan fingerprint density at radius 3 is 2.82 bits per heavy atom. The van der Waals surface area contributed by atoms with Gasteiger partial charge in [0.05, 0.1) is 11.6 Å². The van der Waals surface area contributed by atoms with Crippen molar-refractivity contribution in [2.75, 3.05) is 25.0 Å². The Morgan fingerprint density at radius 2 is 2.18 bits per heavy atom. The maximum Gasteiger partial charge on any atom is 0.0991 e. The molecule has 2 rings (SSSR count). The molecule has 0 aliphatic carbocycles. The maximum atomic E-state index is 8.72.